The maximum Gasteiger partial charge on any atom is 0.226 e. The summed E-state index contributed by atoms with van der Waals surface area (Å²) in [6, 6.07) is 5.64. The standard InChI is InChI=1S/C19H29N5O3.HI/c1-6-20-19(22-14-9-10-15(25-4)16(12-14)26-5)21-11-7-8-17-23-18(13(2)3)24-27-17;/h9-10,12-13H,6-8,11H2,1-5H3,(H2,20,21,22);1H. The van der Waals surface area contributed by atoms with Crippen molar-refractivity contribution >= 4 is 35.6 Å². The second-order valence-electron chi connectivity index (χ2n) is 6.26. The monoisotopic (exact) mass is 503 g/mol. The molecule has 1 aromatic heterocycles. The van der Waals surface area contributed by atoms with Gasteiger partial charge in [0.15, 0.2) is 23.3 Å². The van der Waals surface area contributed by atoms with Crippen molar-refractivity contribution in [1.29, 1.82) is 0 Å². The van der Waals surface area contributed by atoms with Gasteiger partial charge in [0.05, 0.1) is 14.2 Å². The highest BCUT2D eigenvalue weighted by molar-refractivity contribution is 14.0. The summed E-state index contributed by atoms with van der Waals surface area (Å²) < 4.78 is 15.9. The minimum Gasteiger partial charge on any atom is -0.493 e. The van der Waals surface area contributed by atoms with Gasteiger partial charge in [0.2, 0.25) is 5.89 Å². The number of aryl methyl sites for hydroxylation is 1. The molecule has 0 radical (unpaired) electrons. The van der Waals surface area contributed by atoms with Crippen LogP contribution in [0.15, 0.2) is 27.7 Å². The molecule has 28 heavy (non-hydrogen) atoms. The van der Waals surface area contributed by atoms with E-state index in [2.05, 4.69) is 25.8 Å². The van der Waals surface area contributed by atoms with Gasteiger partial charge in [0, 0.05) is 37.2 Å². The number of anilines is 1. The van der Waals surface area contributed by atoms with Crippen LogP contribution in [0.1, 0.15) is 44.8 Å². The van der Waals surface area contributed by atoms with Crippen molar-refractivity contribution in [3.63, 3.8) is 0 Å². The Bertz CT molecular complexity index is 749. The summed E-state index contributed by atoms with van der Waals surface area (Å²) in [4.78, 5) is 8.98. The lowest BCUT2D eigenvalue weighted by molar-refractivity contribution is 0.355. The van der Waals surface area contributed by atoms with Crippen LogP contribution in [0.5, 0.6) is 11.5 Å². The first-order chi connectivity index (χ1) is 13.1. The van der Waals surface area contributed by atoms with Crippen LogP contribution in [0.2, 0.25) is 0 Å². The Balaban J connectivity index is 0.00000392. The number of hydrogen-bond acceptors (Lipinski definition) is 6. The van der Waals surface area contributed by atoms with Crippen LogP contribution in [0.3, 0.4) is 0 Å². The van der Waals surface area contributed by atoms with Crippen LogP contribution in [0, 0.1) is 0 Å². The molecule has 0 amide bonds. The summed E-state index contributed by atoms with van der Waals surface area (Å²) in [5.74, 6) is 3.73. The molecule has 2 N–H and O–H groups in total. The van der Waals surface area contributed by atoms with Gasteiger partial charge in [-0.05, 0) is 25.5 Å². The normalized spacial score (nSPS) is 11.1. The van der Waals surface area contributed by atoms with Crippen LogP contribution in [-0.2, 0) is 6.42 Å². The van der Waals surface area contributed by atoms with Crippen LogP contribution >= 0.6 is 24.0 Å². The highest BCUT2D eigenvalue weighted by atomic mass is 127. The Kier molecular flexibility index (Phi) is 10.6. The number of hydrogen-bond donors (Lipinski definition) is 2. The van der Waals surface area contributed by atoms with Gasteiger partial charge in [0.1, 0.15) is 0 Å². The van der Waals surface area contributed by atoms with E-state index in [4.69, 9.17) is 14.0 Å². The van der Waals surface area contributed by atoms with Crippen LogP contribution in [0.4, 0.5) is 5.69 Å². The lowest BCUT2D eigenvalue weighted by Gasteiger charge is -2.13. The second kappa shape index (κ2) is 12.4. The van der Waals surface area contributed by atoms with E-state index in [1.165, 1.54) is 0 Å². The van der Waals surface area contributed by atoms with Crippen LogP contribution < -0.4 is 20.1 Å². The molecule has 0 spiro atoms. The van der Waals surface area contributed by atoms with Gasteiger partial charge in [-0.25, -0.2) is 0 Å². The summed E-state index contributed by atoms with van der Waals surface area (Å²) in [5, 5.41) is 10.5. The predicted molar refractivity (Wildman–Crippen MR) is 121 cm³/mol. The Morgan fingerprint density at radius 2 is 1.96 bits per heavy atom. The number of methoxy groups -OCH3 is 2. The molecule has 8 nitrogen and oxygen atoms in total. The number of guanidine groups is 1. The molecule has 0 aliphatic rings. The average Bonchev–Trinajstić information content (AvgIpc) is 3.14. The third-order valence-electron chi connectivity index (χ3n) is 3.81. The van der Waals surface area contributed by atoms with E-state index in [1.54, 1.807) is 14.2 Å². The van der Waals surface area contributed by atoms with E-state index in [-0.39, 0.29) is 29.9 Å². The van der Waals surface area contributed by atoms with Gasteiger partial charge in [-0.15, -0.1) is 24.0 Å². The number of benzene rings is 1. The first-order valence-corrected chi connectivity index (χ1v) is 9.17. The van der Waals surface area contributed by atoms with E-state index < -0.39 is 0 Å². The molecule has 0 fully saturated rings. The highest BCUT2D eigenvalue weighted by Crippen LogP contribution is 2.29. The molecule has 0 unspecified atom stereocenters. The first-order valence-electron chi connectivity index (χ1n) is 9.17. The molecule has 1 heterocycles. The predicted octanol–water partition coefficient (Wildman–Crippen LogP) is 3.84. The minimum atomic E-state index is 0. The van der Waals surface area contributed by atoms with Crippen molar-refractivity contribution in [2.75, 3.05) is 32.6 Å². The van der Waals surface area contributed by atoms with Gasteiger partial charge < -0.3 is 24.6 Å². The number of nitrogens with one attached hydrogen (secondary N) is 2. The quantitative estimate of drug-likeness (QED) is 0.233. The number of aliphatic imine (C=N–C) groups is 1. The molecule has 2 aromatic rings. The molecule has 0 atom stereocenters. The van der Waals surface area contributed by atoms with Crippen molar-refractivity contribution in [2.24, 2.45) is 4.99 Å². The van der Waals surface area contributed by atoms with E-state index in [9.17, 15) is 0 Å². The van der Waals surface area contributed by atoms with Crippen molar-refractivity contribution in [3.05, 3.63) is 29.9 Å². The molecule has 0 saturated heterocycles. The first kappa shape index (κ1) is 24.0. The second-order valence-corrected chi connectivity index (χ2v) is 6.26. The topological polar surface area (TPSA) is 93.8 Å². The Labute approximate surface area is 183 Å². The van der Waals surface area contributed by atoms with E-state index in [0.717, 1.165) is 24.5 Å². The SMILES string of the molecule is CCNC(=NCCCc1nc(C(C)C)no1)Nc1ccc(OC)c(OC)c1.I. The lowest BCUT2D eigenvalue weighted by atomic mass is 10.2. The zero-order valence-corrected chi connectivity index (χ0v) is 19.4. The average molecular weight is 503 g/mol. The molecule has 0 bridgehead atoms. The van der Waals surface area contributed by atoms with E-state index >= 15 is 0 Å². The smallest absolute Gasteiger partial charge is 0.226 e. The van der Waals surface area contributed by atoms with Gasteiger partial charge in [-0.3, -0.25) is 4.99 Å². The van der Waals surface area contributed by atoms with Crippen molar-refractivity contribution in [2.45, 2.75) is 39.5 Å². The van der Waals surface area contributed by atoms with Gasteiger partial charge in [-0.1, -0.05) is 19.0 Å². The fourth-order valence-corrected chi connectivity index (χ4v) is 2.38. The molecular formula is C19H30IN5O3. The Hall–Kier alpha value is -2.04. The molecule has 1 aromatic carbocycles. The molecule has 0 aliphatic heterocycles. The summed E-state index contributed by atoms with van der Waals surface area (Å²) >= 11 is 0. The maximum absolute atomic E-state index is 5.34. The third kappa shape index (κ3) is 7.17. The van der Waals surface area contributed by atoms with Crippen molar-refractivity contribution < 1.29 is 14.0 Å². The van der Waals surface area contributed by atoms with E-state index in [1.807, 2.05) is 39.0 Å². The number of aromatic nitrogens is 2. The van der Waals surface area contributed by atoms with Gasteiger partial charge in [-0.2, -0.15) is 4.98 Å². The highest BCUT2D eigenvalue weighted by Gasteiger charge is 2.09. The summed E-state index contributed by atoms with van der Waals surface area (Å²) in [7, 11) is 3.23. The number of nitrogens with zero attached hydrogens (tertiary/aromatic N) is 3. The summed E-state index contributed by atoms with van der Waals surface area (Å²) in [5.41, 5.74) is 0.867. The molecule has 156 valence electrons. The Morgan fingerprint density at radius 1 is 1.21 bits per heavy atom. The number of rotatable bonds is 9. The van der Waals surface area contributed by atoms with E-state index in [0.29, 0.717) is 36.3 Å². The number of halogens is 1. The molecular weight excluding hydrogens is 473 g/mol. The molecule has 0 saturated carbocycles. The van der Waals surface area contributed by atoms with Crippen LogP contribution in [0.25, 0.3) is 0 Å². The molecule has 9 heteroatoms. The molecule has 0 aliphatic carbocycles. The summed E-state index contributed by atoms with van der Waals surface area (Å²) in [6.07, 6.45) is 1.53. The molecule has 2 rings (SSSR count). The third-order valence-corrected chi connectivity index (χ3v) is 3.81. The van der Waals surface area contributed by atoms with Crippen molar-refractivity contribution in [3.8, 4) is 11.5 Å². The fraction of sp³-hybridized carbons (Fsp3) is 0.526. The largest absolute Gasteiger partial charge is 0.493 e. The van der Waals surface area contributed by atoms with Gasteiger partial charge >= 0.3 is 0 Å². The zero-order valence-electron chi connectivity index (χ0n) is 17.1. The fourth-order valence-electron chi connectivity index (χ4n) is 2.38. The van der Waals surface area contributed by atoms with Gasteiger partial charge in [0.25, 0.3) is 0 Å². The lowest BCUT2D eigenvalue weighted by Crippen LogP contribution is -2.30. The summed E-state index contributed by atoms with van der Waals surface area (Å²) in [6.45, 7) is 7.52. The zero-order chi connectivity index (χ0) is 19.6. The Morgan fingerprint density at radius 3 is 2.57 bits per heavy atom. The van der Waals surface area contributed by atoms with Crippen molar-refractivity contribution in [1.82, 2.24) is 15.5 Å². The minimum absolute atomic E-state index is 0. The van der Waals surface area contributed by atoms with Crippen LogP contribution in [-0.4, -0.2) is 43.4 Å². The number of ether oxygens (including phenoxy) is 2. The maximum atomic E-state index is 5.34.